The van der Waals surface area contributed by atoms with Crippen molar-refractivity contribution in [2.24, 2.45) is 0 Å². The second-order valence-electron chi connectivity index (χ2n) is 14.9. The van der Waals surface area contributed by atoms with Crippen LogP contribution in [0.15, 0.2) is 194 Å². The van der Waals surface area contributed by atoms with Crippen molar-refractivity contribution in [3.63, 3.8) is 0 Å². The average molecular weight is 703 g/mol. The molecule has 8 aromatic carbocycles. The van der Waals surface area contributed by atoms with Crippen LogP contribution in [0.5, 0.6) is 0 Å². The van der Waals surface area contributed by atoms with Crippen molar-refractivity contribution < 1.29 is 0 Å². The predicted molar refractivity (Wildman–Crippen MR) is 230 cm³/mol. The normalized spacial score (nSPS) is 12.7. The highest BCUT2D eigenvalue weighted by Gasteiger charge is 2.37. The number of rotatable bonds is 6. The molecule has 2 heteroatoms. The zero-order valence-electron chi connectivity index (χ0n) is 30.9. The Morgan fingerprint density at radius 3 is 1.42 bits per heavy atom. The van der Waals surface area contributed by atoms with Crippen LogP contribution in [-0.2, 0) is 5.41 Å². The maximum atomic E-state index is 5.31. The highest BCUT2D eigenvalue weighted by atomic mass is 14.9. The Balaban J connectivity index is 1.18. The summed E-state index contributed by atoms with van der Waals surface area (Å²) in [6.45, 7) is 4.73. The first-order valence-electron chi connectivity index (χ1n) is 19.0. The van der Waals surface area contributed by atoms with Crippen LogP contribution in [0, 0.1) is 0 Å². The molecule has 0 atom stereocenters. The summed E-state index contributed by atoms with van der Waals surface area (Å²) >= 11 is 0. The minimum atomic E-state index is -0.126. The van der Waals surface area contributed by atoms with Crippen molar-refractivity contribution in [3.05, 3.63) is 205 Å². The van der Waals surface area contributed by atoms with Gasteiger partial charge in [-0.15, -0.1) is 0 Å². The molecule has 1 aliphatic rings. The third kappa shape index (κ3) is 5.57. The van der Waals surface area contributed by atoms with E-state index in [9.17, 15) is 0 Å². The third-order valence-electron chi connectivity index (χ3n) is 11.3. The standard InChI is InChI=1S/C53H38N2/c1-53(2)47-31-17-30-45(51(47)46-32-37-22-9-10-23-38(37)33-48(46)53)42-27-13-12-25-40(42)41-26-14-16-29-44(41)50-34-49(54-52(55-50)36-20-7-4-8-21-36)43-28-15-11-24-39(43)35-18-5-3-6-19-35/h3-34H,1-2H3. The van der Waals surface area contributed by atoms with Gasteiger partial charge in [0.2, 0.25) is 0 Å². The first-order chi connectivity index (χ1) is 27.0. The molecule has 0 spiro atoms. The Hall–Kier alpha value is -6.90. The van der Waals surface area contributed by atoms with Gasteiger partial charge < -0.3 is 0 Å². The smallest absolute Gasteiger partial charge is 0.160 e. The van der Waals surface area contributed by atoms with Gasteiger partial charge in [-0.1, -0.05) is 190 Å². The molecule has 9 aromatic rings. The van der Waals surface area contributed by atoms with Crippen molar-refractivity contribution in [1.82, 2.24) is 9.97 Å². The maximum Gasteiger partial charge on any atom is 0.160 e. The van der Waals surface area contributed by atoms with E-state index < -0.39 is 0 Å². The minimum Gasteiger partial charge on any atom is -0.228 e. The fraction of sp³-hybridized carbons (Fsp3) is 0.0566. The Labute approximate surface area is 322 Å². The first-order valence-corrected chi connectivity index (χ1v) is 19.0. The third-order valence-corrected chi connectivity index (χ3v) is 11.3. The van der Waals surface area contributed by atoms with Gasteiger partial charge in [-0.2, -0.15) is 0 Å². The monoisotopic (exact) mass is 702 g/mol. The summed E-state index contributed by atoms with van der Waals surface area (Å²) < 4.78 is 0. The molecule has 0 aliphatic heterocycles. The predicted octanol–water partition coefficient (Wildman–Crippen LogP) is 13.9. The Kier molecular flexibility index (Phi) is 7.85. The molecule has 55 heavy (non-hydrogen) atoms. The number of hydrogen-bond donors (Lipinski definition) is 0. The Bertz CT molecular complexity index is 2890. The van der Waals surface area contributed by atoms with E-state index in [0.717, 1.165) is 44.8 Å². The molecule has 1 aromatic heterocycles. The van der Waals surface area contributed by atoms with E-state index in [2.05, 4.69) is 190 Å². The number of nitrogens with zero attached hydrogens (tertiary/aromatic N) is 2. The van der Waals surface area contributed by atoms with E-state index in [1.54, 1.807) is 0 Å². The highest BCUT2D eigenvalue weighted by molar-refractivity contribution is 6.02. The SMILES string of the molecule is CC1(C)c2cc3ccccc3cc2-c2c(-c3ccccc3-c3ccccc3-c3cc(-c4ccccc4-c4ccccc4)nc(-c4ccccc4)n3)cccc21. The Morgan fingerprint density at radius 1 is 0.327 bits per heavy atom. The van der Waals surface area contributed by atoms with Crippen LogP contribution < -0.4 is 0 Å². The molecular formula is C53H38N2. The molecule has 0 fully saturated rings. The highest BCUT2D eigenvalue weighted by Crippen LogP contribution is 2.54. The minimum absolute atomic E-state index is 0.126. The molecule has 1 aliphatic carbocycles. The number of fused-ring (bicyclic) bond motifs is 4. The summed E-state index contributed by atoms with van der Waals surface area (Å²) in [5, 5.41) is 2.55. The zero-order valence-corrected chi connectivity index (χ0v) is 30.9. The maximum absolute atomic E-state index is 5.31. The van der Waals surface area contributed by atoms with Crippen molar-refractivity contribution >= 4 is 10.8 Å². The largest absolute Gasteiger partial charge is 0.228 e. The van der Waals surface area contributed by atoms with Gasteiger partial charge >= 0.3 is 0 Å². The second-order valence-corrected chi connectivity index (χ2v) is 14.9. The lowest BCUT2D eigenvalue weighted by atomic mass is 9.81. The molecule has 2 nitrogen and oxygen atoms in total. The lowest BCUT2D eigenvalue weighted by molar-refractivity contribution is 0.661. The molecule has 1 heterocycles. The summed E-state index contributed by atoms with van der Waals surface area (Å²) in [5.74, 6) is 0.700. The molecule has 0 N–H and O–H groups in total. The lowest BCUT2D eigenvalue weighted by Crippen LogP contribution is -2.14. The summed E-state index contributed by atoms with van der Waals surface area (Å²) in [7, 11) is 0. The van der Waals surface area contributed by atoms with Crippen LogP contribution in [-0.4, -0.2) is 9.97 Å². The summed E-state index contributed by atoms with van der Waals surface area (Å²) in [4.78, 5) is 10.6. The van der Waals surface area contributed by atoms with E-state index in [0.29, 0.717) is 5.82 Å². The molecule has 260 valence electrons. The van der Waals surface area contributed by atoms with Crippen LogP contribution in [0.4, 0.5) is 0 Å². The van der Waals surface area contributed by atoms with Crippen molar-refractivity contribution in [1.29, 1.82) is 0 Å². The van der Waals surface area contributed by atoms with Gasteiger partial charge in [-0.05, 0) is 84.6 Å². The van der Waals surface area contributed by atoms with Gasteiger partial charge in [0.05, 0.1) is 11.4 Å². The van der Waals surface area contributed by atoms with Crippen molar-refractivity contribution in [2.45, 2.75) is 19.3 Å². The molecule has 0 bridgehead atoms. The fourth-order valence-corrected chi connectivity index (χ4v) is 8.61. The van der Waals surface area contributed by atoms with E-state index in [4.69, 9.17) is 9.97 Å². The van der Waals surface area contributed by atoms with Crippen LogP contribution in [0.2, 0.25) is 0 Å². The Morgan fingerprint density at radius 2 is 0.782 bits per heavy atom. The van der Waals surface area contributed by atoms with Crippen LogP contribution in [0.25, 0.3) is 89.2 Å². The van der Waals surface area contributed by atoms with Gasteiger partial charge in [-0.25, -0.2) is 9.97 Å². The molecular weight excluding hydrogens is 665 g/mol. The summed E-state index contributed by atoms with van der Waals surface area (Å²) in [6.07, 6.45) is 0. The number of hydrogen-bond acceptors (Lipinski definition) is 2. The second kappa shape index (κ2) is 13.2. The fourth-order valence-electron chi connectivity index (χ4n) is 8.61. The van der Waals surface area contributed by atoms with Gasteiger partial charge in [0.25, 0.3) is 0 Å². The number of aromatic nitrogens is 2. The van der Waals surface area contributed by atoms with E-state index in [1.807, 2.05) is 18.2 Å². The van der Waals surface area contributed by atoms with E-state index in [1.165, 1.54) is 49.7 Å². The van der Waals surface area contributed by atoms with Gasteiger partial charge in [0.1, 0.15) is 0 Å². The topological polar surface area (TPSA) is 25.8 Å². The summed E-state index contributed by atoms with van der Waals surface area (Å²) in [6, 6.07) is 69.5. The van der Waals surface area contributed by atoms with Crippen LogP contribution >= 0.6 is 0 Å². The van der Waals surface area contributed by atoms with Crippen LogP contribution in [0.1, 0.15) is 25.0 Å². The molecule has 0 saturated carbocycles. The van der Waals surface area contributed by atoms with Gasteiger partial charge in [0.15, 0.2) is 5.82 Å². The average Bonchev–Trinajstić information content (AvgIpc) is 3.48. The molecule has 0 radical (unpaired) electrons. The first kappa shape index (κ1) is 32.7. The molecule has 10 rings (SSSR count). The van der Waals surface area contributed by atoms with E-state index in [-0.39, 0.29) is 5.41 Å². The molecule has 0 unspecified atom stereocenters. The molecule has 0 amide bonds. The van der Waals surface area contributed by atoms with Crippen molar-refractivity contribution in [2.75, 3.05) is 0 Å². The zero-order chi connectivity index (χ0) is 36.9. The van der Waals surface area contributed by atoms with E-state index >= 15 is 0 Å². The lowest BCUT2D eigenvalue weighted by Gasteiger charge is -2.22. The van der Waals surface area contributed by atoms with Gasteiger partial charge in [0, 0.05) is 22.1 Å². The van der Waals surface area contributed by atoms with Crippen molar-refractivity contribution in [3.8, 4) is 78.4 Å². The molecule has 0 saturated heterocycles. The van der Waals surface area contributed by atoms with Crippen LogP contribution in [0.3, 0.4) is 0 Å². The van der Waals surface area contributed by atoms with Gasteiger partial charge in [-0.3, -0.25) is 0 Å². The quantitative estimate of drug-likeness (QED) is 0.172. The summed E-state index contributed by atoms with van der Waals surface area (Å²) in [5.41, 5.74) is 17.2. The number of benzene rings is 8.